The highest BCUT2D eigenvalue weighted by Gasteiger charge is 2.39. The lowest BCUT2D eigenvalue weighted by molar-refractivity contribution is -0.659. The Bertz CT molecular complexity index is 621. The Morgan fingerprint density at radius 1 is 1.37 bits per heavy atom. The number of ether oxygens (including phenoxy) is 1. The fraction of sp³-hybridized carbons (Fsp3) is 0.0909. The van der Waals surface area contributed by atoms with Crippen molar-refractivity contribution >= 4 is 35.5 Å². The van der Waals surface area contributed by atoms with E-state index >= 15 is 0 Å². The van der Waals surface area contributed by atoms with Gasteiger partial charge in [-0.05, 0) is 15.3 Å². The summed E-state index contributed by atoms with van der Waals surface area (Å²) < 4.78 is 4.73. The number of aromatic nitrogens is 1. The van der Waals surface area contributed by atoms with Gasteiger partial charge in [0.05, 0.1) is 25.2 Å². The van der Waals surface area contributed by atoms with Crippen LogP contribution in [0, 0.1) is 0 Å². The fourth-order valence-corrected chi connectivity index (χ4v) is 1.81. The van der Waals surface area contributed by atoms with Crippen molar-refractivity contribution in [3.63, 3.8) is 0 Å². The zero-order valence-corrected chi connectivity index (χ0v) is 10.7. The lowest BCUT2D eigenvalue weighted by atomic mass is 10.4. The molecule has 0 amide bonds. The van der Waals surface area contributed by atoms with E-state index in [0.29, 0.717) is 17.7 Å². The molecule has 0 spiro atoms. The summed E-state index contributed by atoms with van der Waals surface area (Å²) in [6.45, 7) is 0. The number of hydrogen-bond donors (Lipinski definition) is 1. The Hall–Kier alpha value is -2.25. The van der Waals surface area contributed by atoms with Crippen LogP contribution in [0.3, 0.4) is 0 Å². The molecule has 1 aromatic heterocycles. The zero-order chi connectivity index (χ0) is 13.3. The number of nitrogens with one attached hydrogen (secondary N) is 1. The molecule has 19 heavy (non-hydrogen) atoms. The first-order valence-corrected chi connectivity index (χ1v) is 5.79. The Labute approximate surface area is 114 Å². The molecule has 8 heteroatoms. The molecule has 0 radical (unpaired) electrons. The molecule has 1 N–H and O–H groups in total. The summed E-state index contributed by atoms with van der Waals surface area (Å²) in [5.74, 6) is 1.47. The summed E-state index contributed by atoms with van der Waals surface area (Å²) in [7, 11) is 1.56. The number of quaternary nitrogens is 1. The van der Waals surface area contributed by atoms with Gasteiger partial charge in [-0.25, -0.2) is 4.98 Å². The van der Waals surface area contributed by atoms with Crippen LogP contribution in [0.15, 0.2) is 45.8 Å². The normalized spacial score (nSPS) is 23.7. The predicted octanol–water partition coefficient (Wildman–Crippen LogP) is 1.71. The molecule has 1 unspecified atom stereocenters. The van der Waals surface area contributed by atoms with Crippen molar-refractivity contribution in [2.75, 3.05) is 12.4 Å². The second kappa shape index (κ2) is 4.45. The molecular formula is C11H10ClN6O+. The number of rotatable bonds is 2. The number of anilines is 1. The molecule has 0 saturated carbocycles. The summed E-state index contributed by atoms with van der Waals surface area (Å²) in [5.41, 5.74) is 0.743. The van der Waals surface area contributed by atoms with Gasteiger partial charge in [0.15, 0.2) is 6.20 Å². The molecule has 0 aliphatic carbocycles. The Balaban J connectivity index is 1.81. The van der Waals surface area contributed by atoms with Gasteiger partial charge in [0.1, 0.15) is 6.21 Å². The number of aliphatic imine (C=N–C) groups is 2. The number of pyridine rings is 1. The molecule has 2 aliphatic rings. The second-order valence-corrected chi connectivity index (χ2v) is 4.30. The minimum atomic E-state index is -0.255. The lowest BCUT2D eigenvalue weighted by Crippen LogP contribution is -2.33. The average Bonchev–Trinajstić information content (AvgIpc) is 2.75. The van der Waals surface area contributed by atoms with Crippen LogP contribution in [0.1, 0.15) is 0 Å². The first-order valence-electron chi connectivity index (χ1n) is 5.45. The third-order valence-electron chi connectivity index (χ3n) is 2.52. The van der Waals surface area contributed by atoms with E-state index in [1.807, 2.05) is 6.07 Å². The molecule has 1 atom stereocenters. The average molecular weight is 278 g/mol. The van der Waals surface area contributed by atoms with Gasteiger partial charge in [-0.3, -0.25) is 4.99 Å². The number of methoxy groups -OCH3 is 1. The van der Waals surface area contributed by atoms with Gasteiger partial charge >= 0.3 is 0 Å². The molecule has 1 aromatic rings. The number of fused-ring (bicyclic) bond motifs is 1. The molecule has 96 valence electrons. The van der Waals surface area contributed by atoms with Gasteiger partial charge in [0.25, 0.3) is 11.8 Å². The van der Waals surface area contributed by atoms with E-state index in [4.69, 9.17) is 16.5 Å². The van der Waals surface area contributed by atoms with Crippen molar-refractivity contribution in [1.82, 2.24) is 4.98 Å². The number of hydrogen-bond acceptors (Lipinski definition) is 6. The quantitative estimate of drug-likeness (QED) is 0.837. The molecule has 7 nitrogen and oxygen atoms in total. The van der Waals surface area contributed by atoms with Crippen molar-refractivity contribution in [3.8, 4) is 5.88 Å². The third-order valence-corrected chi connectivity index (χ3v) is 2.89. The Morgan fingerprint density at radius 3 is 2.95 bits per heavy atom. The van der Waals surface area contributed by atoms with E-state index in [2.05, 4.69) is 25.4 Å². The molecule has 0 saturated heterocycles. The number of nitrogens with zero attached hydrogens (tertiary/aromatic N) is 5. The van der Waals surface area contributed by atoms with Crippen molar-refractivity contribution in [3.05, 3.63) is 30.7 Å². The molecule has 0 fully saturated rings. The van der Waals surface area contributed by atoms with E-state index < -0.39 is 0 Å². The van der Waals surface area contributed by atoms with Crippen LogP contribution in [-0.4, -0.2) is 34.2 Å². The van der Waals surface area contributed by atoms with E-state index in [1.54, 1.807) is 38.0 Å². The summed E-state index contributed by atoms with van der Waals surface area (Å²) in [6, 6.07) is 3.55. The minimum Gasteiger partial charge on any atom is -0.481 e. The van der Waals surface area contributed by atoms with Gasteiger partial charge in [-0.15, -0.1) is 4.99 Å². The van der Waals surface area contributed by atoms with Gasteiger partial charge in [0, 0.05) is 6.07 Å². The summed E-state index contributed by atoms with van der Waals surface area (Å²) in [5, 5.41) is 7.27. The minimum absolute atomic E-state index is 0.255. The van der Waals surface area contributed by atoms with Gasteiger partial charge < -0.3 is 10.1 Å². The van der Waals surface area contributed by atoms with Crippen molar-refractivity contribution < 1.29 is 8.85 Å². The SMILES string of the molecule is COc1ccc(NC2=N[N+]3(Cl)C=CN=CC3=N2)cn1. The molecule has 3 heterocycles. The van der Waals surface area contributed by atoms with Crippen LogP contribution in [0.5, 0.6) is 5.88 Å². The second-order valence-electron chi connectivity index (χ2n) is 3.79. The van der Waals surface area contributed by atoms with Crippen LogP contribution >= 0.6 is 11.8 Å². The standard InChI is InChI=1S/C11H10ClN6O/c1-19-10-3-2-8(6-14-10)15-11-16-9-7-13-4-5-18(9,12)17-11/h2-7H,1H3,(H,15,17)/q+1. The highest BCUT2D eigenvalue weighted by molar-refractivity contribution is 6.36. The molecular weight excluding hydrogens is 268 g/mol. The van der Waals surface area contributed by atoms with Crippen LogP contribution in [0.25, 0.3) is 0 Å². The van der Waals surface area contributed by atoms with Crippen molar-refractivity contribution in [2.45, 2.75) is 0 Å². The Kier molecular flexibility index (Phi) is 2.77. The predicted molar refractivity (Wildman–Crippen MR) is 73.0 cm³/mol. The largest absolute Gasteiger partial charge is 0.481 e. The van der Waals surface area contributed by atoms with E-state index in [0.717, 1.165) is 5.69 Å². The van der Waals surface area contributed by atoms with Gasteiger partial charge in [-0.1, -0.05) is 0 Å². The smallest absolute Gasteiger partial charge is 0.300 e. The third kappa shape index (κ3) is 2.20. The maximum atomic E-state index is 6.25. The van der Waals surface area contributed by atoms with Gasteiger partial charge in [-0.2, -0.15) is 0 Å². The lowest BCUT2D eigenvalue weighted by Gasteiger charge is -2.12. The maximum absolute atomic E-state index is 6.25. The highest BCUT2D eigenvalue weighted by Crippen LogP contribution is 2.24. The topological polar surface area (TPSA) is 71.2 Å². The highest BCUT2D eigenvalue weighted by atomic mass is 35.5. The first kappa shape index (κ1) is 11.8. The van der Waals surface area contributed by atoms with E-state index in [1.165, 1.54) is 0 Å². The van der Waals surface area contributed by atoms with Crippen LogP contribution in [0.4, 0.5) is 5.69 Å². The summed E-state index contributed by atoms with van der Waals surface area (Å²) in [4.78, 5) is 12.3. The van der Waals surface area contributed by atoms with Crippen molar-refractivity contribution in [1.29, 1.82) is 0 Å². The van der Waals surface area contributed by atoms with Crippen LogP contribution in [0.2, 0.25) is 0 Å². The van der Waals surface area contributed by atoms with Crippen LogP contribution in [-0.2, 0) is 0 Å². The van der Waals surface area contributed by atoms with Gasteiger partial charge in [0.2, 0.25) is 17.7 Å². The number of halogens is 1. The van der Waals surface area contributed by atoms with Crippen molar-refractivity contribution in [2.24, 2.45) is 15.1 Å². The van der Waals surface area contributed by atoms with E-state index in [9.17, 15) is 0 Å². The van der Waals surface area contributed by atoms with E-state index in [-0.39, 0.29) is 4.11 Å². The molecule has 0 aromatic carbocycles. The Morgan fingerprint density at radius 2 is 2.26 bits per heavy atom. The molecule has 3 rings (SSSR count). The molecule has 2 aliphatic heterocycles. The summed E-state index contributed by atoms with van der Waals surface area (Å²) in [6.07, 6.45) is 6.40. The van der Waals surface area contributed by atoms with Crippen LogP contribution < -0.4 is 10.1 Å². The summed E-state index contributed by atoms with van der Waals surface area (Å²) >= 11 is 6.25. The maximum Gasteiger partial charge on any atom is 0.300 e. The fourth-order valence-electron chi connectivity index (χ4n) is 1.60. The first-order chi connectivity index (χ1) is 9.19. The zero-order valence-electron chi connectivity index (χ0n) is 9.99. The number of guanidine groups is 1. The molecule has 0 bridgehead atoms. The number of amidine groups is 1. The monoisotopic (exact) mass is 277 g/mol.